The Morgan fingerprint density at radius 3 is 2.84 bits per heavy atom. The molecule has 0 spiro atoms. The number of hydrogen-bond acceptors (Lipinski definition) is 5. The average molecular weight is 321 g/mol. The predicted molar refractivity (Wildman–Crippen MR) is 78.1 cm³/mol. The fourth-order valence-electron chi connectivity index (χ4n) is 1.56. The van der Waals surface area contributed by atoms with Gasteiger partial charge < -0.3 is 10.6 Å². The third-order valence-electron chi connectivity index (χ3n) is 2.49. The lowest BCUT2D eigenvalue weighted by atomic mass is 10.2. The third-order valence-corrected chi connectivity index (χ3v) is 3.95. The van der Waals surface area contributed by atoms with E-state index in [1.165, 1.54) is 11.3 Å². The van der Waals surface area contributed by atoms with Gasteiger partial charge in [-0.3, -0.25) is 0 Å². The zero-order valence-electron chi connectivity index (χ0n) is 10.0. The Hall–Kier alpha value is -1.11. The zero-order valence-corrected chi connectivity index (χ0v) is 12.3. The lowest BCUT2D eigenvalue weighted by Gasteiger charge is -2.10. The minimum Gasteiger partial charge on any atom is -0.379 e. The second-order valence-corrected chi connectivity index (χ2v) is 5.48. The lowest BCUT2D eigenvalue weighted by Crippen LogP contribution is -2.06. The first kappa shape index (κ1) is 14.3. The summed E-state index contributed by atoms with van der Waals surface area (Å²) in [6, 6.07) is 0. The first-order valence-electron chi connectivity index (χ1n) is 5.40. The van der Waals surface area contributed by atoms with Crippen LogP contribution in [0.1, 0.15) is 11.1 Å². The van der Waals surface area contributed by atoms with Crippen molar-refractivity contribution in [3.63, 3.8) is 0 Å². The molecule has 0 unspecified atom stereocenters. The molecule has 8 heteroatoms. The average Bonchev–Trinajstić information content (AvgIpc) is 2.77. The summed E-state index contributed by atoms with van der Waals surface area (Å²) >= 11 is 13.0. The Bertz CT molecular complexity index is 576. The van der Waals surface area contributed by atoms with Crippen molar-refractivity contribution in [3.8, 4) is 0 Å². The molecule has 0 aromatic carbocycles. The van der Waals surface area contributed by atoms with Gasteiger partial charge in [0.2, 0.25) is 5.28 Å². The first-order valence-corrected chi connectivity index (χ1v) is 7.04. The van der Waals surface area contributed by atoms with Crippen LogP contribution in [0.5, 0.6) is 0 Å². The maximum absolute atomic E-state index is 12.8. The van der Waals surface area contributed by atoms with Gasteiger partial charge >= 0.3 is 0 Å². The minimum absolute atomic E-state index is 0.172. The molecule has 2 aromatic heterocycles. The number of aromatic nitrogens is 2. The number of nitrogens with one attached hydrogen (secondary N) is 2. The standard InChI is InChI=1S/C11H11Cl2FN4S/c1-15-10-7(4-17-11(13)18-10)3-16-8-6(2-14)5-19-9(8)12/h4-5,16H,2-3H2,1H3,(H,15,17,18). The van der Waals surface area contributed by atoms with Gasteiger partial charge in [-0.15, -0.1) is 11.3 Å². The molecule has 2 N–H and O–H groups in total. The van der Waals surface area contributed by atoms with Crippen molar-refractivity contribution < 1.29 is 4.39 Å². The molecule has 2 aromatic rings. The summed E-state index contributed by atoms with van der Waals surface area (Å²) in [5.41, 5.74) is 1.99. The monoisotopic (exact) mass is 320 g/mol. The summed E-state index contributed by atoms with van der Waals surface area (Å²) in [5, 5.41) is 7.90. The molecule has 0 saturated heterocycles. The van der Waals surface area contributed by atoms with Crippen LogP contribution in [-0.4, -0.2) is 17.0 Å². The molecule has 4 nitrogen and oxygen atoms in total. The highest BCUT2D eigenvalue weighted by molar-refractivity contribution is 7.15. The highest BCUT2D eigenvalue weighted by atomic mass is 35.5. The van der Waals surface area contributed by atoms with Crippen LogP contribution in [0, 0.1) is 0 Å². The Morgan fingerprint density at radius 2 is 2.16 bits per heavy atom. The van der Waals surface area contributed by atoms with Crippen LogP contribution in [0.25, 0.3) is 0 Å². The van der Waals surface area contributed by atoms with E-state index in [2.05, 4.69) is 20.6 Å². The number of halogens is 3. The molecule has 102 valence electrons. The van der Waals surface area contributed by atoms with Gasteiger partial charge in [-0.25, -0.2) is 14.4 Å². The smallest absolute Gasteiger partial charge is 0.224 e. The Morgan fingerprint density at radius 1 is 1.37 bits per heavy atom. The van der Waals surface area contributed by atoms with Crippen molar-refractivity contribution in [1.29, 1.82) is 0 Å². The highest BCUT2D eigenvalue weighted by Crippen LogP contribution is 2.34. The normalized spacial score (nSPS) is 10.5. The molecular formula is C11H11Cl2FN4S. The van der Waals surface area contributed by atoms with Crippen molar-refractivity contribution in [2.24, 2.45) is 0 Å². The first-order chi connectivity index (χ1) is 9.15. The van der Waals surface area contributed by atoms with Crippen molar-refractivity contribution in [2.75, 3.05) is 17.7 Å². The SMILES string of the molecule is CNc1nc(Cl)ncc1CNc1c(CF)csc1Cl. The van der Waals surface area contributed by atoms with Gasteiger partial charge in [0.15, 0.2) is 0 Å². The maximum atomic E-state index is 12.8. The summed E-state index contributed by atoms with van der Waals surface area (Å²) < 4.78 is 13.3. The quantitative estimate of drug-likeness (QED) is 0.818. The van der Waals surface area contributed by atoms with E-state index >= 15 is 0 Å². The molecule has 2 heterocycles. The molecule has 0 aliphatic rings. The van der Waals surface area contributed by atoms with E-state index in [0.29, 0.717) is 27.9 Å². The number of hydrogen-bond donors (Lipinski definition) is 2. The fraction of sp³-hybridized carbons (Fsp3) is 0.273. The van der Waals surface area contributed by atoms with Gasteiger partial charge in [0.1, 0.15) is 16.8 Å². The molecule has 0 radical (unpaired) electrons. The largest absolute Gasteiger partial charge is 0.379 e. The molecule has 0 saturated carbocycles. The highest BCUT2D eigenvalue weighted by Gasteiger charge is 2.11. The fourth-order valence-corrected chi connectivity index (χ4v) is 2.77. The van der Waals surface area contributed by atoms with Crippen LogP contribution in [0.15, 0.2) is 11.6 Å². The van der Waals surface area contributed by atoms with Gasteiger partial charge in [0.05, 0.1) is 5.69 Å². The van der Waals surface area contributed by atoms with Crippen molar-refractivity contribution >= 4 is 46.0 Å². The Balaban J connectivity index is 2.16. The molecule has 0 amide bonds. The minimum atomic E-state index is -0.554. The van der Waals surface area contributed by atoms with Crippen LogP contribution in [0.2, 0.25) is 9.62 Å². The molecule has 0 aliphatic heterocycles. The predicted octanol–water partition coefficient (Wildman–Crippen LogP) is 3.97. The number of nitrogens with zero attached hydrogens (tertiary/aromatic N) is 2. The molecule has 0 fully saturated rings. The summed E-state index contributed by atoms with van der Waals surface area (Å²) in [7, 11) is 1.74. The molecule has 0 atom stereocenters. The number of thiophene rings is 1. The van der Waals surface area contributed by atoms with Crippen molar-refractivity contribution in [2.45, 2.75) is 13.2 Å². The van der Waals surface area contributed by atoms with E-state index in [1.54, 1.807) is 18.6 Å². The summed E-state index contributed by atoms with van der Waals surface area (Å²) in [6.45, 7) is -0.127. The summed E-state index contributed by atoms with van der Waals surface area (Å²) in [6.07, 6.45) is 1.61. The van der Waals surface area contributed by atoms with Crippen molar-refractivity contribution in [1.82, 2.24) is 9.97 Å². The Labute approximate surface area is 124 Å². The molecule has 0 bridgehead atoms. The second kappa shape index (κ2) is 6.36. The second-order valence-electron chi connectivity index (χ2n) is 3.66. The van der Waals surface area contributed by atoms with Crippen LogP contribution in [0.4, 0.5) is 15.9 Å². The summed E-state index contributed by atoms with van der Waals surface area (Å²) in [4.78, 5) is 7.98. The number of alkyl halides is 1. The lowest BCUT2D eigenvalue weighted by molar-refractivity contribution is 0.487. The number of anilines is 2. The Kier molecular flexibility index (Phi) is 4.79. The van der Waals surface area contributed by atoms with Gasteiger partial charge in [-0.1, -0.05) is 11.6 Å². The zero-order chi connectivity index (χ0) is 13.8. The third kappa shape index (κ3) is 3.26. The van der Waals surface area contributed by atoms with Crippen LogP contribution in [-0.2, 0) is 13.2 Å². The van der Waals surface area contributed by atoms with Gasteiger partial charge in [0.25, 0.3) is 0 Å². The van der Waals surface area contributed by atoms with Gasteiger partial charge in [-0.2, -0.15) is 0 Å². The molecule has 2 rings (SSSR count). The summed E-state index contributed by atoms with van der Waals surface area (Å²) in [5.74, 6) is 0.626. The van der Waals surface area contributed by atoms with Crippen LogP contribution < -0.4 is 10.6 Å². The van der Waals surface area contributed by atoms with Gasteiger partial charge in [-0.05, 0) is 11.6 Å². The van der Waals surface area contributed by atoms with E-state index in [1.807, 2.05) is 0 Å². The topological polar surface area (TPSA) is 49.8 Å². The van der Waals surface area contributed by atoms with E-state index in [9.17, 15) is 4.39 Å². The van der Waals surface area contributed by atoms with Gasteiger partial charge in [0, 0.05) is 36.3 Å². The number of rotatable bonds is 5. The van der Waals surface area contributed by atoms with E-state index in [4.69, 9.17) is 23.2 Å². The molecule has 0 aliphatic carbocycles. The van der Waals surface area contributed by atoms with E-state index in [-0.39, 0.29) is 5.28 Å². The van der Waals surface area contributed by atoms with Crippen LogP contribution >= 0.6 is 34.5 Å². The van der Waals surface area contributed by atoms with E-state index < -0.39 is 6.67 Å². The molecule has 19 heavy (non-hydrogen) atoms. The van der Waals surface area contributed by atoms with Crippen LogP contribution in [0.3, 0.4) is 0 Å². The van der Waals surface area contributed by atoms with Crippen molar-refractivity contribution in [3.05, 3.63) is 32.3 Å². The molecular weight excluding hydrogens is 310 g/mol. The maximum Gasteiger partial charge on any atom is 0.224 e. The van der Waals surface area contributed by atoms with E-state index in [0.717, 1.165) is 5.56 Å².